The molecule has 1 aliphatic carbocycles. The van der Waals surface area contributed by atoms with Gasteiger partial charge in [0.05, 0.1) is 0 Å². The Labute approximate surface area is 90.1 Å². The maximum atomic E-state index is 4.20. The van der Waals surface area contributed by atoms with Crippen molar-refractivity contribution in [1.82, 2.24) is 4.98 Å². The maximum absolute atomic E-state index is 4.20. The Hall–Kier alpha value is -1.03. The minimum atomic E-state index is 0. The molecule has 1 nitrogen and oxygen atoms in total. The summed E-state index contributed by atoms with van der Waals surface area (Å²) >= 11 is 0. The van der Waals surface area contributed by atoms with E-state index in [0.29, 0.717) is 0 Å². The average molecular weight is 161 g/mol. The minimum absolute atomic E-state index is 0. The molecule has 0 N–H and O–H groups in total. The number of hydrogen-bond donors (Lipinski definition) is 0. The molecule has 0 unspecified atom stereocenters. The fraction of sp³-hybridized carbons (Fsp3) is 0. The fourth-order valence-electron chi connectivity index (χ4n) is 1.11. The molecule has 0 saturated heterocycles. The van der Waals surface area contributed by atoms with Gasteiger partial charge < -0.3 is 0 Å². The Bertz CT molecular complexity index is 363. The van der Waals surface area contributed by atoms with Gasteiger partial charge in [-0.2, -0.15) is 18.7 Å². The molecule has 0 amide bonds. The first-order valence-electron chi connectivity index (χ1n) is 3.78. The molecule has 1 heterocycles. The van der Waals surface area contributed by atoms with E-state index >= 15 is 0 Å². The third-order valence-electron chi connectivity index (χ3n) is 1.69. The molecular formula is C11H8LiN. The molecule has 2 rings (SSSR count). The van der Waals surface area contributed by atoms with Crippen LogP contribution < -0.4 is 18.9 Å². The number of pyridine rings is 1. The molecule has 1 aliphatic rings. The molecule has 0 atom stereocenters. The van der Waals surface area contributed by atoms with Gasteiger partial charge in [-0.15, -0.1) is 17.2 Å². The monoisotopic (exact) mass is 161 g/mol. The number of hydrogen-bond acceptors (Lipinski definition) is 1. The van der Waals surface area contributed by atoms with Gasteiger partial charge in [-0.1, -0.05) is 12.1 Å². The summed E-state index contributed by atoms with van der Waals surface area (Å²) in [7, 11) is 0. The van der Waals surface area contributed by atoms with Crippen LogP contribution in [-0.2, 0) is 0 Å². The van der Waals surface area contributed by atoms with E-state index in [1.165, 1.54) is 0 Å². The van der Waals surface area contributed by atoms with Crippen molar-refractivity contribution in [3.63, 3.8) is 0 Å². The smallest absolute Gasteiger partial charge is 0.295 e. The van der Waals surface area contributed by atoms with Crippen molar-refractivity contribution in [1.29, 1.82) is 0 Å². The summed E-state index contributed by atoms with van der Waals surface area (Å²) in [6, 6.07) is 5.83. The quantitative estimate of drug-likeness (QED) is 0.396. The van der Waals surface area contributed by atoms with Crippen LogP contribution in [0.1, 0.15) is 5.69 Å². The van der Waals surface area contributed by atoms with Crippen molar-refractivity contribution >= 4 is 5.57 Å². The molecule has 0 saturated carbocycles. The van der Waals surface area contributed by atoms with Gasteiger partial charge in [-0.25, -0.2) is 0 Å². The van der Waals surface area contributed by atoms with Gasteiger partial charge >= 0.3 is 18.9 Å². The summed E-state index contributed by atoms with van der Waals surface area (Å²) in [6.45, 7) is 3.78. The zero-order chi connectivity index (χ0) is 8.39. The zero-order valence-corrected chi connectivity index (χ0v) is 7.62. The molecule has 0 bridgehead atoms. The summed E-state index contributed by atoms with van der Waals surface area (Å²) in [6.07, 6.45) is 8.81. The number of rotatable bonds is 1. The van der Waals surface area contributed by atoms with Crippen LogP contribution in [0.25, 0.3) is 5.57 Å². The van der Waals surface area contributed by atoms with Gasteiger partial charge in [0.1, 0.15) is 0 Å². The molecule has 0 radical (unpaired) electrons. The first-order chi connectivity index (χ1) is 5.86. The number of aromatic nitrogens is 1. The van der Waals surface area contributed by atoms with Crippen LogP contribution in [0.4, 0.5) is 0 Å². The predicted molar refractivity (Wildman–Crippen MR) is 49.2 cm³/mol. The molecular weight excluding hydrogens is 153 g/mol. The van der Waals surface area contributed by atoms with Crippen molar-refractivity contribution in [3.05, 3.63) is 60.5 Å². The van der Waals surface area contributed by atoms with Crippen LogP contribution >= 0.6 is 0 Å². The van der Waals surface area contributed by atoms with Gasteiger partial charge in [-0.05, 0) is 6.07 Å². The first-order valence-corrected chi connectivity index (χ1v) is 3.78. The van der Waals surface area contributed by atoms with Crippen molar-refractivity contribution < 1.29 is 18.9 Å². The normalized spacial score (nSPS) is 13.8. The second-order valence-electron chi connectivity index (χ2n) is 2.61. The van der Waals surface area contributed by atoms with Gasteiger partial charge in [0.15, 0.2) is 0 Å². The summed E-state index contributed by atoms with van der Waals surface area (Å²) in [4.78, 5) is 4.20. The van der Waals surface area contributed by atoms with Crippen molar-refractivity contribution in [2.45, 2.75) is 0 Å². The molecule has 0 fully saturated rings. The summed E-state index contributed by atoms with van der Waals surface area (Å²) < 4.78 is 0. The molecule has 0 spiro atoms. The van der Waals surface area contributed by atoms with Gasteiger partial charge in [0.25, 0.3) is 0 Å². The molecule has 0 aromatic carbocycles. The van der Waals surface area contributed by atoms with Crippen molar-refractivity contribution in [3.8, 4) is 0 Å². The third kappa shape index (κ3) is 2.21. The zero-order valence-electron chi connectivity index (χ0n) is 7.62. The topological polar surface area (TPSA) is 12.9 Å². The second-order valence-corrected chi connectivity index (χ2v) is 2.61. The van der Waals surface area contributed by atoms with Gasteiger partial charge in [-0.3, -0.25) is 4.98 Å². The summed E-state index contributed by atoms with van der Waals surface area (Å²) in [5.41, 5.74) is 2.88. The summed E-state index contributed by atoms with van der Waals surface area (Å²) in [5, 5.41) is 0. The van der Waals surface area contributed by atoms with Gasteiger partial charge in [0.2, 0.25) is 0 Å². The van der Waals surface area contributed by atoms with E-state index < -0.39 is 0 Å². The Morgan fingerprint density at radius 1 is 1.23 bits per heavy atom. The molecule has 1 aromatic rings. The average Bonchev–Trinajstić information content (AvgIpc) is 2.54. The molecule has 0 aliphatic heterocycles. The fourth-order valence-corrected chi connectivity index (χ4v) is 1.11. The Kier molecular flexibility index (Phi) is 3.30. The van der Waals surface area contributed by atoms with Crippen LogP contribution in [-0.4, -0.2) is 4.98 Å². The van der Waals surface area contributed by atoms with E-state index in [9.17, 15) is 0 Å². The minimum Gasteiger partial charge on any atom is -0.295 e. The molecule has 2 heteroatoms. The Morgan fingerprint density at radius 3 is 2.62 bits per heavy atom. The predicted octanol–water partition coefficient (Wildman–Crippen LogP) is -0.602. The number of allylic oxidation sites excluding steroid dienone is 5. The van der Waals surface area contributed by atoms with Crippen molar-refractivity contribution in [2.24, 2.45) is 0 Å². The van der Waals surface area contributed by atoms with Crippen LogP contribution in [0.3, 0.4) is 0 Å². The van der Waals surface area contributed by atoms with E-state index in [4.69, 9.17) is 0 Å². The largest absolute Gasteiger partial charge is 1.00 e. The van der Waals surface area contributed by atoms with Crippen LogP contribution in [0, 0.1) is 6.08 Å². The summed E-state index contributed by atoms with van der Waals surface area (Å²) in [5.74, 6) is 0. The molecule has 58 valence electrons. The van der Waals surface area contributed by atoms with Crippen LogP contribution in [0.15, 0.2) is 48.7 Å². The Balaban J connectivity index is 0.000000845. The SMILES string of the molecule is C=C1[C-]=C(c2ccccn2)C=C1.[Li+]. The van der Waals surface area contributed by atoms with E-state index in [0.717, 1.165) is 16.8 Å². The first kappa shape index (κ1) is 10.1. The van der Waals surface area contributed by atoms with Crippen LogP contribution in [0.5, 0.6) is 0 Å². The third-order valence-corrected chi connectivity index (χ3v) is 1.69. The van der Waals surface area contributed by atoms with E-state index in [-0.39, 0.29) is 18.9 Å². The van der Waals surface area contributed by atoms with E-state index in [1.54, 1.807) is 6.20 Å². The number of nitrogens with zero attached hydrogens (tertiary/aromatic N) is 1. The molecule has 1 aromatic heterocycles. The molecule has 13 heavy (non-hydrogen) atoms. The van der Waals surface area contributed by atoms with E-state index in [1.807, 2.05) is 30.4 Å². The van der Waals surface area contributed by atoms with Gasteiger partial charge in [0, 0.05) is 11.9 Å². The van der Waals surface area contributed by atoms with Crippen LogP contribution in [0.2, 0.25) is 0 Å². The second kappa shape index (κ2) is 4.27. The van der Waals surface area contributed by atoms with Crippen molar-refractivity contribution in [2.75, 3.05) is 0 Å². The Morgan fingerprint density at radius 2 is 2.08 bits per heavy atom. The standard InChI is InChI=1S/C11H8N.Li/c1-9-5-6-10(8-9)11-4-2-3-7-12-11;/h2-7H,1H2;/q-1;+1. The maximum Gasteiger partial charge on any atom is 1.00 e. The van der Waals surface area contributed by atoms with E-state index in [2.05, 4.69) is 17.6 Å².